The molecule has 0 aliphatic heterocycles. The highest BCUT2D eigenvalue weighted by atomic mass is 16.5. The van der Waals surface area contributed by atoms with Gasteiger partial charge in [-0.25, -0.2) is 0 Å². The van der Waals surface area contributed by atoms with Gasteiger partial charge in [0, 0.05) is 19.2 Å². The first-order valence-corrected chi connectivity index (χ1v) is 6.41. The van der Waals surface area contributed by atoms with Gasteiger partial charge in [0.05, 0.1) is 27.4 Å². The van der Waals surface area contributed by atoms with Crippen LogP contribution in [-0.4, -0.2) is 45.7 Å². The number of hydrogen-bond donors (Lipinski definition) is 2. The molecule has 0 atom stereocenters. The monoisotopic (exact) mass is 269 g/mol. The van der Waals surface area contributed by atoms with Crippen molar-refractivity contribution in [3.63, 3.8) is 0 Å². The normalized spacial score (nSPS) is 10.5. The summed E-state index contributed by atoms with van der Waals surface area (Å²) in [6.45, 7) is 2.78. The summed E-state index contributed by atoms with van der Waals surface area (Å²) in [4.78, 5) is 0. The molecule has 2 N–H and O–H groups in total. The largest absolute Gasteiger partial charge is 0.497 e. The molecule has 0 saturated carbocycles. The third kappa shape index (κ3) is 6.42. The van der Waals surface area contributed by atoms with Gasteiger partial charge in [-0.2, -0.15) is 0 Å². The summed E-state index contributed by atoms with van der Waals surface area (Å²) in [6, 6.07) is 5.82. The van der Waals surface area contributed by atoms with Crippen LogP contribution in [0.15, 0.2) is 18.2 Å². The van der Waals surface area contributed by atoms with Gasteiger partial charge in [-0.3, -0.25) is 0 Å². The molecular weight excluding hydrogens is 246 g/mol. The molecule has 0 bridgehead atoms. The number of nitrogens with one attached hydrogen (secondary N) is 1. The van der Waals surface area contributed by atoms with E-state index in [1.54, 1.807) is 14.2 Å². The number of aliphatic hydroxyl groups excluding tert-OH is 1. The van der Waals surface area contributed by atoms with Crippen LogP contribution in [0.1, 0.15) is 12.0 Å². The zero-order valence-electron chi connectivity index (χ0n) is 11.6. The van der Waals surface area contributed by atoms with Gasteiger partial charge in [0.2, 0.25) is 0 Å². The summed E-state index contributed by atoms with van der Waals surface area (Å²) in [5, 5.41) is 11.9. The lowest BCUT2D eigenvalue weighted by atomic mass is 10.2. The van der Waals surface area contributed by atoms with E-state index in [1.165, 1.54) is 0 Å². The molecule has 5 heteroatoms. The van der Waals surface area contributed by atoms with Crippen LogP contribution in [0.2, 0.25) is 0 Å². The average molecular weight is 269 g/mol. The minimum atomic E-state index is 0.0804. The van der Waals surface area contributed by atoms with Crippen LogP contribution in [0.25, 0.3) is 0 Å². The second kappa shape index (κ2) is 9.61. The van der Waals surface area contributed by atoms with E-state index in [0.29, 0.717) is 13.2 Å². The molecule has 0 radical (unpaired) electrons. The van der Waals surface area contributed by atoms with E-state index in [0.717, 1.165) is 36.6 Å². The van der Waals surface area contributed by atoms with E-state index >= 15 is 0 Å². The molecule has 0 amide bonds. The number of ether oxygens (including phenoxy) is 3. The van der Waals surface area contributed by atoms with Crippen LogP contribution >= 0.6 is 0 Å². The SMILES string of the molecule is COc1cc(CNCCCOCCO)cc(OC)c1. The number of benzene rings is 1. The maximum Gasteiger partial charge on any atom is 0.122 e. The molecule has 19 heavy (non-hydrogen) atoms. The Balaban J connectivity index is 2.28. The van der Waals surface area contributed by atoms with Gasteiger partial charge in [0.1, 0.15) is 11.5 Å². The fraction of sp³-hybridized carbons (Fsp3) is 0.571. The van der Waals surface area contributed by atoms with E-state index in [9.17, 15) is 0 Å². The van der Waals surface area contributed by atoms with Crippen LogP contribution < -0.4 is 14.8 Å². The molecule has 0 aliphatic rings. The van der Waals surface area contributed by atoms with Crippen LogP contribution in [0.3, 0.4) is 0 Å². The van der Waals surface area contributed by atoms with Gasteiger partial charge in [-0.15, -0.1) is 0 Å². The Labute approximate surface area is 114 Å². The second-order valence-electron chi connectivity index (χ2n) is 4.09. The van der Waals surface area contributed by atoms with E-state index in [2.05, 4.69) is 5.32 Å². The Morgan fingerprint density at radius 3 is 2.32 bits per heavy atom. The first-order chi connectivity index (χ1) is 9.30. The average Bonchev–Trinajstić information content (AvgIpc) is 2.45. The molecule has 0 heterocycles. The van der Waals surface area contributed by atoms with Crippen molar-refractivity contribution in [1.82, 2.24) is 5.32 Å². The molecular formula is C14H23NO4. The first-order valence-electron chi connectivity index (χ1n) is 6.41. The molecule has 1 rings (SSSR count). The lowest BCUT2D eigenvalue weighted by Crippen LogP contribution is -2.16. The minimum absolute atomic E-state index is 0.0804. The van der Waals surface area contributed by atoms with E-state index in [1.807, 2.05) is 18.2 Å². The summed E-state index contributed by atoms with van der Waals surface area (Å²) in [7, 11) is 3.29. The van der Waals surface area contributed by atoms with Crippen molar-refractivity contribution < 1.29 is 19.3 Å². The molecule has 0 aliphatic carbocycles. The van der Waals surface area contributed by atoms with Gasteiger partial charge in [0.15, 0.2) is 0 Å². The minimum Gasteiger partial charge on any atom is -0.497 e. The van der Waals surface area contributed by atoms with Gasteiger partial charge in [0.25, 0.3) is 0 Å². The number of methoxy groups -OCH3 is 2. The van der Waals surface area contributed by atoms with E-state index in [-0.39, 0.29) is 6.61 Å². The number of aliphatic hydroxyl groups is 1. The highest BCUT2D eigenvalue weighted by molar-refractivity contribution is 5.38. The lowest BCUT2D eigenvalue weighted by Gasteiger charge is -2.09. The van der Waals surface area contributed by atoms with Crippen molar-refractivity contribution in [2.24, 2.45) is 0 Å². The maximum absolute atomic E-state index is 8.55. The Kier molecular flexibility index (Phi) is 7.97. The molecule has 108 valence electrons. The Hall–Kier alpha value is -1.30. The molecule has 5 nitrogen and oxygen atoms in total. The van der Waals surface area contributed by atoms with Crippen molar-refractivity contribution in [3.05, 3.63) is 23.8 Å². The van der Waals surface area contributed by atoms with Gasteiger partial charge < -0.3 is 24.6 Å². The standard InChI is InChI=1S/C14H23NO4/c1-17-13-8-12(9-14(10-13)18-2)11-15-4-3-6-19-7-5-16/h8-10,15-16H,3-7,11H2,1-2H3. The zero-order valence-corrected chi connectivity index (χ0v) is 11.6. The summed E-state index contributed by atoms with van der Waals surface area (Å²) < 4.78 is 15.6. The van der Waals surface area contributed by atoms with Crippen LogP contribution in [0, 0.1) is 0 Å². The predicted molar refractivity (Wildman–Crippen MR) is 73.8 cm³/mol. The molecule has 1 aromatic rings. The van der Waals surface area contributed by atoms with E-state index in [4.69, 9.17) is 19.3 Å². The molecule has 0 spiro atoms. The van der Waals surface area contributed by atoms with E-state index < -0.39 is 0 Å². The summed E-state index contributed by atoms with van der Waals surface area (Å²) >= 11 is 0. The van der Waals surface area contributed by atoms with Crippen molar-refractivity contribution in [2.45, 2.75) is 13.0 Å². The molecule has 0 fully saturated rings. The third-order valence-electron chi connectivity index (χ3n) is 2.62. The molecule has 1 aromatic carbocycles. The zero-order chi connectivity index (χ0) is 13.9. The highest BCUT2D eigenvalue weighted by Crippen LogP contribution is 2.22. The number of hydrogen-bond acceptors (Lipinski definition) is 5. The second-order valence-corrected chi connectivity index (χ2v) is 4.09. The van der Waals surface area contributed by atoms with Crippen LogP contribution in [-0.2, 0) is 11.3 Å². The maximum atomic E-state index is 8.55. The fourth-order valence-corrected chi connectivity index (χ4v) is 1.67. The number of rotatable bonds is 10. The van der Waals surface area contributed by atoms with Gasteiger partial charge in [-0.05, 0) is 30.7 Å². The van der Waals surface area contributed by atoms with Gasteiger partial charge in [-0.1, -0.05) is 0 Å². The Morgan fingerprint density at radius 1 is 1.05 bits per heavy atom. The summed E-state index contributed by atoms with van der Waals surface area (Å²) in [6.07, 6.45) is 0.918. The smallest absolute Gasteiger partial charge is 0.122 e. The molecule has 0 saturated heterocycles. The Bertz CT molecular complexity index is 335. The van der Waals surface area contributed by atoms with Crippen LogP contribution in [0.5, 0.6) is 11.5 Å². The van der Waals surface area contributed by atoms with Crippen LogP contribution in [0.4, 0.5) is 0 Å². The third-order valence-corrected chi connectivity index (χ3v) is 2.62. The first kappa shape index (κ1) is 15.8. The van der Waals surface area contributed by atoms with Crippen molar-refractivity contribution in [2.75, 3.05) is 40.6 Å². The van der Waals surface area contributed by atoms with Crippen molar-refractivity contribution in [3.8, 4) is 11.5 Å². The van der Waals surface area contributed by atoms with Crippen molar-refractivity contribution in [1.29, 1.82) is 0 Å². The lowest BCUT2D eigenvalue weighted by molar-refractivity contribution is 0.0907. The summed E-state index contributed by atoms with van der Waals surface area (Å²) in [5.74, 6) is 1.59. The predicted octanol–water partition coefficient (Wildman–Crippen LogP) is 1.19. The topological polar surface area (TPSA) is 60.0 Å². The fourth-order valence-electron chi connectivity index (χ4n) is 1.67. The van der Waals surface area contributed by atoms with Gasteiger partial charge >= 0.3 is 0 Å². The quantitative estimate of drug-likeness (QED) is 0.625. The molecule has 0 aromatic heterocycles. The Morgan fingerprint density at radius 2 is 1.74 bits per heavy atom. The summed E-state index contributed by atoms with van der Waals surface area (Å²) in [5.41, 5.74) is 1.12. The highest BCUT2D eigenvalue weighted by Gasteiger charge is 2.01. The molecule has 0 unspecified atom stereocenters. The van der Waals surface area contributed by atoms with Crippen molar-refractivity contribution >= 4 is 0 Å².